The van der Waals surface area contributed by atoms with Gasteiger partial charge in [-0.2, -0.15) is 0 Å². The second kappa shape index (κ2) is 8.29. The number of nitrogens with zero attached hydrogens (tertiary/aromatic N) is 3. The summed E-state index contributed by atoms with van der Waals surface area (Å²) in [6.07, 6.45) is 1.61. The Morgan fingerprint density at radius 3 is 2.69 bits per heavy atom. The molecular weight excluding hydrogens is 381 g/mol. The minimum atomic E-state index is -0.741. The van der Waals surface area contributed by atoms with E-state index in [1.807, 2.05) is 13.8 Å². The van der Waals surface area contributed by atoms with E-state index in [0.29, 0.717) is 18.9 Å². The van der Waals surface area contributed by atoms with Crippen LogP contribution in [0.1, 0.15) is 42.9 Å². The molecule has 0 saturated heterocycles. The highest BCUT2D eigenvalue weighted by atomic mass is 19.1. The van der Waals surface area contributed by atoms with Crippen molar-refractivity contribution in [2.24, 2.45) is 0 Å². The molecular formula is C19H22FN5O4. The van der Waals surface area contributed by atoms with Crippen molar-refractivity contribution in [2.75, 3.05) is 5.73 Å². The number of unbranched alkanes of at least 4 members (excludes halogenated alkanes) is 1. The highest BCUT2D eigenvalue weighted by molar-refractivity contribution is 5.95. The van der Waals surface area contributed by atoms with Gasteiger partial charge in [0.05, 0.1) is 5.56 Å². The van der Waals surface area contributed by atoms with Gasteiger partial charge in [-0.25, -0.2) is 19.0 Å². The summed E-state index contributed by atoms with van der Waals surface area (Å²) < 4.78 is 21.5. The normalized spacial score (nSPS) is 11.1. The molecule has 10 heteroatoms. The third-order valence-electron chi connectivity index (χ3n) is 4.58. The summed E-state index contributed by atoms with van der Waals surface area (Å²) in [5.74, 6) is -0.983. The minimum absolute atomic E-state index is 0.0308. The molecule has 0 amide bonds. The fourth-order valence-electron chi connectivity index (χ4n) is 3.12. The van der Waals surface area contributed by atoms with Crippen LogP contribution in [0.25, 0.3) is 11.2 Å². The van der Waals surface area contributed by atoms with Gasteiger partial charge in [0.15, 0.2) is 11.2 Å². The topological polar surface area (TPSA) is 125 Å². The number of hydrogen-bond acceptors (Lipinski definition) is 6. The van der Waals surface area contributed by atoms with Gasteiger partial charge >= 0.3 is 11.7 Å². The first-order valence-corrected chi connectivity index (χ1v) is 9.31. The Kier molecular flexibility index (Phi) is 5.81. The highest BCUT2D eigenvalue weighted by Gasteiger charge is 2.19. The van der Waals surface area contributed by atoms with E-state index in [9.17, 15) is 18.8 Å². The first-order valence-electron chi connectivity index (χ1n) is 9.31. The van der Waals surface area contributed by atoms with E-state index in [4.69, 9.17) is 10.5 Å². The standard InChI is InChI=1S/C19H22FN5O4/c1-3-5-8-25-16-15(17(26)23-19(25)28)24(4-2)14(22-16)10-29-18(27)12-7-6-11(20)9-13(12)21/h6-7,9H,3-5,8,10,21H2,1-2H3,(H,23,26,28). The minimum Gasteiger partial charge on any atom is -0.454 e. The lowest BCUT2D eigenvalue weighted by molar-refractivity contribution is 0.0460. The summed E-state index contributed by atoms with van der Waals surface area (Å²) in [6, 6.07) is 3.38. The van der Waals surface area contributed by atoms with E-state index in [1.54, 1.807) is 4.57 Å². The Balaban J connectivity index is 1.97. The van der Waals surface area contributed by atoms with Crippen LogP contribution in [0, 0.1) is 5.82 Å². The smallest absolute Gasteiger partial charge is 0.340 e. The summed E-state index contributed by atoms with van der Waals surface area (Å²) in [4.78, 5) is 43.6. The third-order valence-corrected chi connectivity index (χ3v) is 4.58. The Bertz CT molecular complexity index is 1180. The van der Waals surface area contributed by atoms with Gasteiger partial charge in [0.1, 0.15) is 18.2 Å². The number of H-pyrrole nitrogens is 1. The maximum absolute atomic E-state index is 13.2. The van der Waals surface area contributed by atoms with Crippen LogP contribution in [0.2, 0.25) is 0 Å². The van der Waals surface area contributed by atoms with E-state index in [1.165, 1.54) is 10.6 Å². The molecule has 3 rings (SSSR count). The maximum Gasteiger partial charge on any atom is 0.340 e. The van der Waals surface area contributed by atoms with E-state index in [2.05, 4.69) is 9.97 Å². The average molecular weight is 403 g/mol. The number of aromatic amines is 1. The zero-order valence-corrected chi connectivity index (χ0v) is 16.2. The number of nitrogen functional groups attached to an aromatic ring is 1. The van der Waals surface area contributed by atoms with Crippen LogP contribution in [-0.4, -0.2) is 25.1 Å². The van der Waals surface area contributed by atoms with Crippen LogP contribution in [0.3, 0.4) is 0 Å². The summed E-state index contributed by atoms with van der Waals surface area (Å²) in [5, 5.41) is 0. The lowest BCUT2D eigenvalue weighted by Crippen LogP contribution is -2.31. The Hall–Kier alpha value is -3.43. The molecule has 0 radical (unpaired) electrons. The number of fused-ring (bicyclic) bond motifs is 1. The number of halogens is 1. The highest BCUT2D eigenvalue weighted by Crippen LogP contribution is 2.17. The number of benzene rings is 1. The quantitative estimate of drug-likeness (QED) is 0.458. The van der Waals surface area contributed by atoms with Gasteiger partial charge in [0.25, 0.3) is 5.56 Å². The number of ether oxygens (including phenoxy) is 1. The molecule has 3 N–H and O–H groups in total. The number of aryl methyl sites for hydroxylation is 2. The number of anilines is 1. The molecule has 0 fully saturated rings. The van der Waals surface area contributed by atoms with Gasteiger partial charge in [-0.3, -0.25) is 14.3 Å². The molecule has 1 aromatic carbocycles. The monoisotopic (exact) mass is 403 g/mol. The molecule has 0 aliphatic rings. The van der Waals surface area contributed by atoms with Crippen molar-refractivity contribution in [3.05, 3.63) is 56.2 Å². The van der Waals surface area contributed by atoms with E-state index in [-0.39, 0.29) is 29.0 Å². The van der Waals surface area contributed by atoms with Crippen LogP contribution in [-0.2, 0) is 24.4 Å². The van der Waals surface area contributed by atoms with Gasteiger partial charge < -0.3 is 15.0 Å². The maximum atomic E-state index is 13.2. The lowest BCUT2D eigenvalue weighted by atomic mass is 10.2. The van der Waals surface area contributed by atoms with Gasteiger partial charge in [-0.05, 0) is 31.5 Å². The fourth-order valence-corrected chi connectivity index (χ4v) is 3.12. The molecule has 9 nitrogen and oxygen atoms in total. The number of hydrogen-bond donors (Lipinski definition) is 2. The predicted molar refractivity (Wildman–Crippen MR) is 105 cm³/mol. The summed E-state index contributed by atoms with van der Waals surface area (Å²) in [6.45, 7) is 4.36. The molecule has 0 unspecified atom stereocenters. The lowest BCUT2D eigenvalue weighted by Gasteiger charge is -2.08. The molecule has 0 aliphatic carbocycles. The first-order chi connectivity index (χ1) is 13.9. The molecule has 0 atom stereocenters. The molecule has 0 bridgehead atoms. The van der Waals surface area contributed by atoms with Crippen molar-refractivity contribution in [1.29, 1.82) is 0 Å². The second-order valence-corrected chi connectivity index (χ2v) is 6.52. The number of carbonyl (C=O) groups is 1. The Morgan fingerprint density at radius 2 is 2.03 bits per heavy atom. The number of imidazole rings is 1. The van der Waals surface area contributed by atoms with Crippen LogP contribution in [0.15, 0.2) is 27.8 Å². The molecule has 3 aromatic rings. The van der Waals surface area contributed by atoms with Crippen molar-refractivity contribution in [3.8, 4) is 0 Å². The van der Waals surface area contributed by atoms with Gasteiger partial charge in [0.2, 0.25) is 0 Å². The molecule has 154 valence electrons. The number of nitrogens with one attached hydrogen (secondary N) is 1. The zero-order chi connectivity index (χ0) is 21.1. The zero-order valence-electron chi connectivity index (χ0n) is 16.2. The average Bonchev–Trinajstić information content (AvgIpc) is 3.04. The molecule has 0 spiro atoms. The number of esters is 1. The van der Waals surface area contributed by atoms with Crippen molar-refractivity contribution in [3.63, 3.8) is 0 Å². The molecule has 2 aromatic heterocycles. The second-order valence-electron chi connectivity index (χ2n) is 6.52. The number of nitrogens with two attached hydrogens (primary N) is 1. The Morgan fingerprint density at radius 1 is 1.28 bits per heavy atom. The van der Waals surface area contributed by atoms with Crippen LogP contribution >= 0.6 is 0 Å². The SMILES string of the molecule is CCCCn1c(=O)[nH]c(=O)c2c1nc(COC(=O)c1ccc(F)cc1N)n2CC. The molecule has 0 saturated carbocycles. The summed E-state index contributed by atoms with van der Waals surface area (Å²) in [7, 11) is 0. The number of rotatable bonds is 7. The predicted octanol–water partition coefficient (Wildman–Crippen LogP) is 1.78. The van der Waals surface area contributed by atoms with Gasteiger partial charge in [0, 0.05) is 18.8 Å². The third kappa shape index (κ3) is 3.91. The van der Waals surface area contributed by atoms with Crippen LogP contribution in [0.4, 0.5) is 10.1 Å². The number of carbonyl (C=O) groups excluding carboxylic acids is 1. The van der Waals surface area contributed by atoms with Crippen molar-refractivity contribution >= 4 is 22.8 Å². The molecule has 0 aliphatic heterocycles. The van der Waals surface area contributed by atoms with Crippen molar-refractivity contribution in [1.82, 2.24) is 19.1 Å². The van der Waals surface area contributed by atoms with E-state index >= 15 is 0 Å². The fraction of sp³-hybridized carbons (Fsp3) is 0.368. The Labute approximate surface area is 164 Å². The summed E-state index contributed by atoms with van der Waals surface area (Å²) in [5.41, 5.74) is 5.08. The molecule has 29 heavy (non-hydrogen) atoms. The van der Waals surface area contributed by atoms with Crippen molar-refractivity contribution < 1.29 is 13.9 Å². The van der Waals surface area contributed by atoms with Gasteiger partial charge in [-0.1, -0.05) is 13.3 Å². The van der Waals surface area contributed by atoms with Crippen LogP contribution < -0.4 is 17.0 Å². The van der Waals surface area contributed by atoms with Crippen LogP contribution in [0.5, 0.6) is 0 Å². The van der Waals surface area contributed by atoms with E-state index in [0.717, 1.165) is 25.0 Å². The summed E-state index contributed by atoms with van der Waals surface area (Å²) >= 11 is 0. The van der Waals surface area contributed by atoms with Crippen molar-refractivity contribution in [2.45, 2.75) is 46.4 Å². The van der Waals surface area contributed by atoms with Gasteiger partial charge in [-0.15, -0.1) is 0 Å². The number of aromatic nitrogens is 4. The molecule has 2 heterocycles. The van der Waals surface area contributed by atoms with E-state index < -0.39 is 23.0 Å². The largest absolute Gasteiger partial charge is 0.454 e. The first kappa shape index (κ1) is 20.3.